The number of carbonyl (C=O) groups is 1. The number of amides is 1. The normalized spacial score (nSPS) is 26.6. The lowest BCUT2D eigenvalue weighted by Crippen LogP contribution is -2.68. The summed E-state index contributed by atoms with van der Waals surface area (Å²) in [5.41, 5.74) is 0.0340. The van der Waals surface area contributed by atoms with Gasteiger partial charge in [0.25, 0.3) is 0 Å². The Morgan fingerprint density at radius 2 is 1.68 bits per heavy atom. The number of likely N-dealkylation sites (tertiary alicyclic amines) is 1. The monoisotopic (exact) mass is 327 g/mol. The average molecular weight is 327 g/mol. The number of nitrogens with zero attached hydrogens (tertiary/aromatic N) is 1. The minimum Gasteiger partial charge on any atom is -0.336 e. The van der Waals surface area contributed by atoms with Crippen LogP contribution < -0.4 is 0 Å². The molecule has 0 aromatic rings. The van der Waals surface area contributed by atoms with Crippen molar-refractivity contribution in [2.75, 3.05) is 6.54 Å². The van der Waals surface area contributed by atoms with E-state index >= 15 is 0 Å². The molecule has 3 fully saturated rings. The third-order valence-electron chi connectivity index (χ3n) is 6.14. The van der Waals surface area contributed by atoms with Crippen LogP contribution in [0.15, 0.2) is 0 Å². The Bertz CT molecular complexity index is 525. The fourth-order valence-electron chi connectivity index (χ4n) is 4.55. The quantitative estimate of drug-likeness (QED) is 0.798. The minimum absolute atomic E-state index is 0.0340. The second kappa shape index (κ2) is 5.81. The first-order valence-electron chi connectivity index (χ1n) is 8.93. The van der Waals surface area contributed by atoms with E-state index in [9.17, 15) is 13.2 Å². The summed E-state index contributed by atoms with van der Waals surface area (Å²) in [6.45, 7) is 4.52. The zero-order valence-corrected chi connectivity index (χ0v) is 14.7. The van der Waals surface area contributed by atoms with Gasteiger partial charge in [0.05, 0.1) is 5.25 Å². The van der Waals surface area contributed by atoms with E-state index in [0.717, 1.165) is 57.9 Å². The smallest absolute Gasteiger partial charge is 0.241 e. The van der Waals surface area contributed by atoms with Crippen molar-refractivity contribution in [3.8, 4) is 0 Å². The van der Waals surface area contributed by atoms with Crippen LogP contribution in [-0.4, -0.2) is 41.8 Å². The molecule has 1 aliphatic heterocycles. The first kappa shape index (κ1) is 16.3. The highest BCUT2D eigenvalue weighted by molar-refractivity contribution is 7.93. The Kier molecular flexibility index (Phi) is 4.30. The van der Waals surface area contributed by atoms with E-state index in [0.29, 0.717) is 0 Å². The van der Waals surface area contributed by atoms with Crippen molar-refractivity contribution in [2.45, 2.75) is 87.7 Å². The molecule has 1 heterocycles. The molecule has 1 amide bonds. The summed E-state index contributed by atoms with van der Waals surface area (Å²) < 4.78 is 26.2. The maximum Gasteiger partial charge on any atom is 0.241 e. The molecule has 2 aliphatic carbocycles. The van der Waals surface area contributed by atoms with Gasteiger partial charge in [0.15, 0.2) is 9.84 Å². The standard InChI is InChI=1S/C17H29NO3S/c1-13(2)15(22(20,21)14-7-4-3-5-8-14)16(19)18-12-11-17(18)9-6-10-17/h13-15H,3-12H2,1-2H3/t15-/m1/s1. The molecule has 22 heavy (non-hydrogen) atoms. The van der Waals surface area contributed by atoms with Gasteiger partial charge in [-0.3, -0.25) is 4.79 Å². The highest BCUT2D eigenvalue weighted by atomic mass is 32.2. The lowest BCUT2D eigenvalue weighted by molar-refractivity contribution is -0.156. The predicted molar refractivity (Wildman–Crippen MR) is 87.3 cm³/mol. The van der Waals surface area contributed by atoms with Gasteiger partial charge in [-0.25, -0.2) is 8.42 Å². The molecule has 126 valence electrons. The summed E-state index contributed by atoms with van der Waals surface area (Å²) in [6, 6.07) is 0. The SMILES string of the molecule is CC(C)[C@H](C(=O)N1CCC12CCC2)S(=O)(=O)C1CCCCC1. The Labute approximate surface area is 134 Å². The lowest BCUT2D eigenvalue weighted by atomic mass is 9.67. The molecule has 0 N–H and O–H groups in total. The summed E-state index contributed by atoms with van der Waals surface area (Å²) in [4.78, 5) is 14.9. The molecule has 4 nitrogen and oxygen atoms in total. The highest BCUT2D eigenvalue weighted by Crippen LogP contribution is 2.48. The van der Waals surface area contributed by atoms with Gasteiger partial charge in [-0.15, -0.1) is 0 Å². The molecule has 0 aromatic carbocycles. The van der Waals surface area contributed by atoms with E-state index in [1.54, 1.807) is 0 Å². The number of hydrogen-bond donors (Lipinski definition) is 0. The predicted octanol–water partition coefficient (Wildman–Crippen LogP) is 2.91. The summed E-state index contributed by atoms with van der Waals surface area (Å²) >= 11 is 0. The van der Waals surface area contributed by atoms with E-state index < -0.39 is 15.1 Å². The van der Waals surface area contributed by atoms with Gasteiger partial charge in [0.1, 0.15) is 5.25 Å². The topological polar surface area (TPSA) is 54.5 Å². The zero-order chi connectivity index (χ0) is 16.0. The maximum absolute atomic E-state index is 13.1. The fourth-order valence-corrected chi connectivity index (χ4v) is 7.12. The molecule has 0 unspecified atom stereocenters. The number of hydrogen-bond acceptors (Lipinski definition) is 3. The van der Waals surface area contributed by atoms with E-state index in [1.165, 1.54) is 6.42 Å². The molecule has 3 aliphatic rings. The summed E-state index contributed by atoms with van der Waals surface area (Å²) in [5.74, 6) is -0.247. The average Bonchev–Trinajstić information content (AvgIpc) is 2.36. The Hall–Kier alpha value is -0.580. The van der Waals surface area contributed by atoms with Gasteiger partial charge in [-0.2, -0.15) is 0 Å². The van der Waals surface area contributed by atoms with Gasteiger partial charge in [-0.1, -0.05) is 33.1 Å². The molecule has 0 bridgehead atoms. The second-order valence-corrected chi connectivity index (χ2v) is 10.2. The van der Waals surface area contributed by atoms with E-state index in [4.69, 9.17) is 0 Å². The molecule has 1 atom stereocenters. The molecular formula is C17H29NO3S. The van der Waals surface area contributed by atoms with Gasteiger partial charge < -0.3 is 4.90 Å². The summed E-state index contributed by atoms with van der Waals surface area (Å²) in [5, 5.41) is -1.12. The highest BCUT2D eigenvalue weighted by Gasteiger charge is 2.54. The molecule has 3 rings (SSSR count). The van der Waals surface area contributed by atoms with Crippen molar-refractivity contribution in [3.05, 3.63) is 0 Å². The van der Waals surface area contributed by atoms with E-state index in [2.05, 4.69) is 0 Å². The van der Waals surface area contributed by atoms with Crippen molar-refractivity contribution >= 4 is 15.7 Å². The van der Waals surface area contributed by atoms with Gasteiger partial charge >= 0.3 is 0 Å². The molecule has 0 aromatic heterocycles. The molecule has 1 saturated heterocycles. The third-order valence-corrected chi connectivity index (χ3v) is 9.00. The third kappa shape index (κ3) is 2.49. The van der Waals surface area contributed by atoms with Crippen LogP contribution in [-0.2, 0) is 14.6 Å². The largest absolute Gasteiger partial charge is 0.336 e. The fraction of sp³-hybridized carbons (Fsp3) is 0.941. The number of carbonyl (C=O) groups excluding carboxylic acids is 1. The maximum atomic E-state index is 13.1. The van der Waals surface area contributed by atoms with Gasteiger partial charge in [0.2, 0.25) is 5.91 Å². The lowest BCUT2D eigenvalue weighted by Gasteiger charge is -2.59. The van der Waals surface area contributed by atoms with Crippen LogP contribution in [0, 0.1) is 5.92 Å². The first-order chi connectivity index (χ1) is 10.4. The Morgan fingerprint density at radius 1 is 1.05 bits per heavy atom. The summed E-state index contributed by atoms with van der Waals surface area (Å²) in [7, 11) is -3.37. The Morgan fingerprint density at radius 3 is 2.09 bits per heavy atom. The van der Waals surface area contributed by atoms with Crippen LogP contribution >= 0.6 is 0 Å². The summed E-state index contributed by atoms with van der Waals surface area (Å²) in [6.07, 6.45) is 8.93. The first-order valence-corrected chi connectivity index (χ1v) is 10.5. The van der Waals surface area contributed by atoms with Crippen molar-refractivity contribution < 1.29 is 13.2 Å². The van der Waals surface area contributed by atoms with Crippen molar-refractivity contribution in [2.24, 2.45) is 5.92 Å². The van der Waals surface area contributed by atoms with Crippen LogP contribution in [0.4, 0.5) is 0 Å². The van der Waals surface area contributed by atoms with Crippen LogP contribution in [0.5, 0.6) is 0 Å². The van der Waals surface area contributed by atoms with E-state index in [-0.39, 0.29) is 22.6 Å². The van der Waals surface area contributed by atoms with Crippen molar-refractivity contribution in [3.63, 3.8) is 0 Å². The van der Waals surface area contributed by atoms with Crippen LogP contribution in [0.25, 0.3) is 0 Å². The van der Waals surface area contributed by atoms with E-state index in [1.807, 2.05) is 18.7 Å². The molecule has 2 saturated carbocycles. The van der Waals surface area contributed by atoms with Gasteiger partial charge in [-0.05, 0) is 44.4 Å². The number of sulfone groups is 1. The zero-order valence-electron chi connectivity index (χ0n) is 13.9. The van der Waals surface area contributed by atoms with Crippen molar-refractivity contribution in [1.82, 2.24) is 4.90 Å². The molecule has 5 heteroatoms. The van der Waals surface area contributed by atoms with Crippen LogP contribution in [0.2, 0.25) is 0 Å². The van der Waals surface area contributed by atoms with Crippen LogP contribution in [0.1, 0.15) is 71.6 Å². The Balaban J connectivity index is 1.81. The van der Waals surface area contributed by atoms with Crippen LogP contribution in [0.3, 0.4) is 0 Å². The van der Waals surface area contributed by atoms with Gasteiger partial charge in [0, 0.05) is 12.1 Å². The molecule has 0 radical (unpaired) electrons. The molecular weight excluding hydrogens is 298 g/mol. The number of rotatable bonds is 4. The second-order valence-electron chi connectivity index (χ2n) is 7.83. The van der Waals surface area contributed by atoms with Crippen molar-refractivity contribution in [1.29, 1.82) is 0 Å². The molecule has 1 spiro atoms. The minimum atomic E-state index is -3.37.